The van der Waals surface area contributed by atoms with Gasteiger partial charge in [-0.15, -0.1) is 5.10 Å². The highest BCUT2D eigenvalue weighted by Gasteiger charge is 2.37. The lowest BCUT2D eigenvalue weighted by Crippen LogP contribution is -2.10. The van der Waals surface area contributed by atoms with Crippen LogP contribution in [0.25, 0.3) is 11.5 Å². The number of benzene rings is 1. The van der Waals surface area contributed by atoms with Crippen LogP contribution >= 0.6 is 23.2 Å². The highest BCUT2D eigenvalue weighted by atomic mass is 35.5. The van der Waals surface area contributed by atoms with E-state index in [9.17, 15) is 23.3 Å². The number of pyridine rings is 1. The summed E-state index contributed by atoms with van der Waals surface area (Å²) in [7, 11) is 0. The third-order valence-electron chi connectivity index (χ3n) is 3.74. The lowest BCUT2D eigenvalue weighted by Gasteiger charge is -2.08. The van der Waals surface area contributed by atoms with Gasteiger partial charge in [0.1, 0.15) is 5.69 Å². The quantitative estimate of drug-likeness (QED) is 0.431. The van der Waals surface area contributed by atoms with Crippen molar-refractivity contribution in [1.82, 2.24) is 19.7 Å². The fraction of sp³-hybridized carbons (Fsp3) is 0.188. The molecular formula is C16H10Cl2F3N5O2. The first-order valence-corrected chi connectivity index (χ1v) is 8.39. The van der Waals surface area contributed by atoms with E-state index in [1.54, 1.807) is 0 Å². The molecule has 0 fully saturated rings. The molecule has 12 heteroatoms. The Morgan fingerprint density at radius 2 is 1.96 bits per heavy atom. The average Bonchev–Trinajstić information content (AvgIpc) is 2.98. The van der Waals surface area contributed by atoms with Crippen LogP contribution in [0.15, 0.2) is 30.5 Å². The molecule has 2 aromatic heterocycles. The van der Waals surface area contributed by atoms with Crippen LogP contribution in [0.2, 0.25) is 10.0 Å². The van der Waals surface area contributed by atoms with Gasteiger partial charge in [-0.1, -0.05) is 29.3 Å². The summed E-state index contributed by atoms with van der Waals surface area (Å²) in [4.78, 5) is 17.9. The number of nitrogens with zero attached hydrogens (tertiary/aromatic N) is 5. The Bertz CT molecular complexity index is 1070. The predicted octanol–water partition coefficient (Wildman–Crippen LogP) is 4.93. The van der Waals surface area contributed by atoms with Crippen molar-refractivity contribution >= 4 is 28.9 Å². The van der Waals surface area contributed by atoms with Crippen molar-refractivity contribution in [2.24, 2.45) is 0 Å². The second-order valence-electron chi connectivity index (χ2n) is 5.78. The normalized spacial score (nSPS) is 11.6. The van der Waals surface area contributed by atoms with Gasteiger partial charge in [0, 0.05) is 17.8 Å². The molecule has 0 saturated carbocycles. The Morgan fingerprint density at radius 3 is 2.54 bits per heavy atom. The van der Waals surface area contributed by atoms with Gasteiger partial charge in [0.25, 0.3) is 11.5 Å². The van der Waals surface area contributed by atoms with Gasteiger partial charge < -0.3 is 0 Å². The Hall–Kier alpha value is -2.72. The van der Waals surface area contributed by atoms with Crippen molar-refractivity contribution in [3.63, 3.8) is 0 Å². The first kappa shape index (κ1) is 20.0. The standard InChI is InChI=1S/C16H10Cl2F3N5O2/c1-8-4-9(2-3-12(8)26(27)28)7-25-14(23-15(24-25)16(19,20)21)13-11(18)5-10(17)6-22-13/h2-6H,7H2,1H3. The van der Waals surface area contributed by atoms with Crippen molar-refractivity contribution in [1.29, 1.82) is 0 Å². The molecule has 0 aliphatic heterocycles. The SMILES string of the molecule is Cc1cc(Cn2nc(C(F)(F)F)nc2-c2ncc(Cl)cc2Cl)ccc1[N+](=O)[O-]. The minimum absolute atomic E-state index is 0.00903. The monoisotopic (exact) mass is 431 g/mol. The van der Waals surface area contributed by atoms with E-state index in [2.05, 4.69) is 15.1 Å². The number of nitro benzene ring substituents is 1. The van der Waals surface area contributed by atoms with Crippen LogP contribution in [-0.2, 0) is 12.7 Å². The van der Waals surface area contributed by atoms with Crippen molar-refractivity contribution in [2.45, 2.75) is 19.6 Å². The minimum Gasteiger partial charge on any atom is -0.258 e. The van der Waals surface area contributed by atoms with Crippen molar-refractivity contribution in [3.05, 3.63) is 67.6 Å². The lowest BCUT2D eigenvalue weighted by molar-refractivity contribution is -0.385. The first-order valence-electron chi connectivity index (χ1n) is 7.63. The number of halogens is 5. The topological polar surface area (TPSA) is 86.7 Å². The van der Waals surface area contributed by atoms with E-state index in [4.69, 9.17) is 23.2 Å². The van der Waals surface area contributed by atoms with Crippen LogP contribution in [-0.4, -0.2) is 24.7 Å². The first-order chi connectivity index (χ1) is 13.1. The maximum Gasteiger partial charge on any atom is 0.453 e. The fourth-order valence-electron chi connectivity index (χ4n) is 2.52. The molecule has 3 aromatic rings. The maximum absolute atomic E-state index is 13.1. The molecule has 2 heterocycles. The number of hydrogen-bond acceptors (Lipinski definition) is 5. The van der Waals surface area contributed by atoms with E-state index in [-0.39, 0.29) is 33.8 Å². The summed E-state index contributed by atoms with van der Waals surface area (Å²) in [5, 5.41) is 14.7. The maximum atomic E-state index is 13.1. The van der Waals surface area contributed by atoms with E-state index in [0.717, 1.165) is 4.68 Å². The third-order valence-corrected chi connectivity index (χ3v) is 4.23. The molecule has 1 aromatic carbocycles. The molecule has 0 aliphatic rings. The van der Waals surface area contributed by atoms with Gasteiger partial charge in [-0.2, -0.15) is 13.2 Å². The number of rotatable bonds is 4. The molecule has 0 unspecified atom stereocenters. The smallest absolute Gasteiger partial charge is 0.258 e. The second kappa shape index (κ2) is 7.36. The highest BCUT2D eigenvalue weighted by Crippen LogP contribution is 2.32. The summed E-state index contributed by atoms with van der Waals surface area (Å²) in [6.07, 6.45) is -3.55. The second-order valence-corrected chi connectivity index (χ2v) is 6.62. The average molecular weight is 432 g/mol. The molecule has 7 nitrogen and oxygen atoms in total. The molecule has 28 heavy (non-hydrogen) atoms. The zero-order valence-electron chi connectivity index (χ0n) is 14.0. The number of aryl methyl sites for hydroxylation is 1. The van der Waals surface area contributed by atoms with Gasteiger partial charge >= 0.3 is 6.18 Å². The number of alkyl halides is 3. The number of nitro groups is 1. The van der Waals surface area contributed by atoms with Crippen LogP contribution in [0.1, 0.15) is 17.0 Å². The number of hydrogen-bond donors (Lipinski definition) is 0. The molecular weight excluding hydrogens is 422 g/mol. The zero-order chi connectivity index (χ0) is 20.6. The Balaban J connectivity index is 2.08. The van der Waals surface area contributed by atoms with Gasteiger partial charge in [-0.05, 0) is 24.6 Å². The molecule has 146 valence electrons. The zero-order valence-corrected chi connectivity index (χ0v) is 15.5. The van der Waals surface area contributed by atoms with Crippen molar-refractivity contribution < 1.29 is 18.1 Å². The van der Waals surface area contributed by atoms with E-state index in [1.165, 1.54) is 37.4 Å². The molecule has 0 bridgehead atoms. The predicted molar refractivity (Wildman–Crippen MR) is 95.2 cm³/mol. The van der Waals surface area contributed by atoms with E-state index >= 15 is 0 Å². The molecule has 0 radical (unpaired) electrons. The van der Waals surface area contributed by atoms with Gasteiger partial charge in [0.05, 0.1) is 21.5 Å². The van der Waals surface area contributed by atoms with Gasteiger partial charge in [0.2, 0.25) is 0 Å². The third kappa shape index (κ3) is 4.07. The van der Waals surface area contributed by atoms with Crippen molar-refractivity contribution in [3.8, 4) is 11.5 Å². The van der Waals surface area contributed by atoms with Crippen molar-refractivity contribution in [2.75, 3.05) is 0 Å². The largest absolute Gasteiger partial charge is 0.453 e. The molecule has 0 amide bonds. The molecule has 0 spiro atoms. The summed E-state index contributed by atoms with van der Waals surface area (Å²) in [6.45, 7) is 1.40. The molecule has 3 rings (SSSR count). The molecule has 0 atom stereocenters. The van der Waals surface area contributed by atoms with E-state index < -0.39 is 16.9 Å². The van der Waals surface area contributed by atoms with Gasteiger partial charge in [-0.25, -0.2) is 14.6 Å². The number of aromatic nitrogens is 4. The van der Waals surface area contributed by atoms with Crippen LogP contribution in [0.4, 0.5) is 18.9 Å². The van der Waals surface area contributed by atoms with E-state index in [0.29, 0.717) is 11.1 Å². The van der Waals surface area contributed by atoms with Crippen LogP contribution in [0, 0.1) is 17.0 Å². The van der Waals surface area contributed by atoms with Crippen LogP contribution < -0.4 is 0 Å². The minimum atomic E-state index is -4.77. The van der Waals surface area contributed by atoms with E-state index in [1.807, 2.05) is 0 Å². The van der Waals surface area contributed by atoms with Gasteiger partial charge in [0.15, 0.2) is 5.82 Å². The summed E-state index contributed by atoms with van der Waals surface area (Å²) in [5.41, 5.74) is 0.740. The summed E-state index contributed by atoms with van der Waals surface area (Å²) in [6, 6.07) is 5.53. The highest BCUT2D eigenvalue weighted by molar-refractivity contribution is 6.35. The lowest BCUT2D eigenvalue weighted by atomic mass is 10.1. The van der Waals surface area contributed by atoms with Gasteiger partial charge in [-0.3, -0.25) is 10.1 Å². The molecule has 0 N–H and O–H groups in total. The summed E-state index contributed by atoms with van der Waals surface area (Å²) < 4.78 is 40.3. The summed E-state index contributed by atoms with van der Waals surface area (Å²) >= 11 is 11.8. The van der Waals surface area contributed by atoms with Crippen LogP contribution in [0.3, 0.4) is 0 Å². The fourth-order valence-corrected chi connectivity index (χ4v) is 2.99. The Kier molecular flexibility index (Phi) is 5.26. The Morgan fingerprint density at radius 1 is 1.25 bits per heavy atom. The Labute approximate surface area is 165 Å². The van der Waals surface area contributed by atoms with Crippen LogP contribution in [0.5, 0.6) is 0 Å². The molecule has 0 saturated heterocycles. The summed E-state index contributed by atoms with van der Waals surface area (Å²) in [5.74, 6) is -1.56. The molecule has 0 aliphatic carbocycles.